The van der Waals surface area contributed by atoms with Gasteiger partial charge >= 0.3 is 5.69 Å². The van der Waals surface area contributed by atoms with E-state index in [4.69, 9.17) is 16.7 Å². The number of nitrogens with zero attached hydrogens (tertiary/aromatic N) is 1. The molecule has 0 fully saturated rings. The summed E-state index contributed by atoms with van der Waals surface area (Å²) in [4.78, 5) is 25.9. The van der Waals surface area contributed by atoms with E-state index in [9.17, 15) is 9.59 Å². The third-order valence-corrected chi connectivity index (χ3v) is 2.50. The first-order chi connectivity index (χ1) is 7.63. The second-order valence-corrected chi connectivity index (χ2v) is 3.74. The Morgan fingerprint density at radius 3 is 2.81 bits per heavy atom. The van der Waals surface area contributed by atoms with Crippen LogP contribution in [0.2, 0.25) is 5.02 Å². The number of H-pyrrole nitrogens is 1. The van der Waals surface area contributed by atoms with Crippen molar-refractivity contribution in [2.24, 2.45) is 0 Å². The maximum atomic E-state index is 11.9. The lowest BCUT2D eigenvalue weighted by Crippen LogP contribution is -2.35. The fraction of sp³-hybridized carbons (Fsp3) is 0.200. The average Bonchev–Trinajstić information content (AvgIpc) is 2.26. The van der Waals surface area contributed by atoms with Crippen molar-refractivity contribution in [2.75, 3.05) is 6.61 Å². The molecule has 2 N–H and O–H groups in total. The van der Waals surface area contributed by atoms with E-state index in [1.54, 1.807) is 12.1 Å². The van der Waals surface area contributed by atoms with Crippen LogP contribution in [-0.2, 0) is 6.54 Å². The van der Waals surface area contributed by atoms with Crippen LogP contribution in [0.4, 0.5) is 0 Å². The van der Waals surface area contributed by atoms with Crippen molar-refractivity contribution in [2.45, 2.75) is 6.54 Å². The number of aliphatic hydroxyl groups excluding tert-OH is 1. The fourth-order valence-electron chi connectivity index (χ4n) is 1.53. The molecule has 0 aliphatic heterocycles. The van der Waals surface area contributed by atoms with Gasteiger partial charge in [-0.3, -0.25) is 9.36 Å². The Labute approximate surface area is 94.9 Å². The highest BCUT2D eigenvalue weighted by Crippen LogP contribution is 2.13. The second kappa shape index (κ2) is 4.11. The molecule has 0 saturated heterocycles. The average molecular weight is 241 g/mol. The van der Waals surface area contributed by atoms with Gasteiger partial charge in [0.15, 0.2) is 0 Å². The molecule has 1 heterocycles. The standard InChI is InChI=1S/C10H9ClN2O3/c11-6-1-2-8-7(5-6)9(15)13(3-4-14)10(16)12-8/h1-2,5,14H,3-4H2,(H,12,16). The van der Waals surface area contributed by atoms with Crippen LogP contribution in [0.15, 0.2) is 27.8 Å². The normalized spacial score (nSPS) is 10.9. The zero-order valence-electron chi connectivity index (χ0n) is 8.24. The number of aromatic amines is 1. The number of fused-ring (bicyclic) bond motifs is 1. The van der Waals surface area contributed by atoms with Crippen molar-refractivity contribution in [3.63, 3.8) is 0 Å². The van der Waals surface area contributed by atoms with Crippen molar-refractivity contribution in [1.82, 2.24) is 9.55 Å². The first-order valence-electron chi connectivity index (χ1n) is 4.66. The topological polar surface area (TPSA) is 75.1 Å². The lowest BCUT2D eigenvalue weighted by atomic mass is 10.2. The molecule has 5 nitrogen and oxygen atoms in total. The first kappa shape index (κ1) is 10.9. The summed E-state index contributed by atoms with van der Waals surface area (Å²) < 4.78 is 0.943. The smallest absolute Gasteiger partial charge is 0.328 e. The number of nitrogens with one attached hydrogen (secondary N) is 1. The number of benzene rings is 1. The van der Waals surface area contributed by atoms with E-state index in [2.05, 4.69) is 4.98 Å². The third-order valence-electron chi connectivity index (χ3n) is 2.27. The Balaban J connectivity index is 2.85. The van der Waals surface area contributed by atoms with Gasteiger partial charge in [-0.05, 0) is 18.2 Å². The van der Waals surface area contributed by atoms with Gasteiger partial charge in [0.05, 0.1) is 24.1 Å². The van der Waals surface area contributed by atoms with Crippen molar-refractivity contribution in [3.05, 3.63) is 44.1 Å². The number of hydrogen-bond acceptors (Lipinski definition) is 3. The van der Waals surface area contributed by atoms with E-state index in [0.29, 0.717) is 15.9 Å². The highest BCUT2D eigenvalue weighted by atomic mass is 35.5. The minimum Gasteiger partial charge on any atom is -0.395 e. The van der Waals surface area contributed by atoms with Gasteiger partial charge in [-0.25, -0.2) is 4.79 Å². The van der Waals surface area contributed by atoms with Crippen LogP contribution in [0.1, 0.15) is 0 Å². The minimum absolute atomic E-state index is 0.0311. The zero-order valence-corrected chi connectivity index (χ0v) is 8.99. The molecule has 0 unspecified atom stereocenters. The molecule has 0 bridgehead atoms. The molecule has 84 valence electrons. The predicted molar refractivity (Wildman–Crippen MR) is 60.9 cm³/mol. The van der Waals surface area contributed by atoms with Gasteiger partial charge in [-0.2, -0.15) is 0 Å². The van der Waals surface area contributed by atoms with Gasteiger partial charge in [0.2, 0.25) is 0 Å². The Morgan fingerprint density at radius 2 is 2.12 bits per heavy atom. The second-order valence-electron chi connectivity index (χ2n) is 3.30. The zero-order chi connectivity index (χ0) is 11.7. The molecule has 0 spiro atoms. The molecule has 0 aliphatic carbocycles. The third kappa shape index (κ3) is 1.75. The first-order valence-corrected chi connectivity index (χ1v) is 5.04. The molecule has 0 amide bonds. The van der Waals surface area contributed by atoms with E-state index in [1.807, 2.05) is 0 Å². The molecule has 2 aromatic rings. The molecule has 2 rings (SSSR count). The van der Waals surface area contributed by atoms with Crippen molar-refractivity contribution in [1.29, 1.82) is 0 Å². The SMILES string of the molecule is O=c1[nH]c2ccc(Cl)cc2c(=O)n1CCO. The molecule has 16 heavy (non-hydrogen) atoms. The number of rotatable bonds is 2. The Kier molecular flexibility index (Phi) is 2.80. The van der Waals surface area contributed by atoms with Gasteiger partial charge < -0.3 is 10.1 Å². The summed E-state index contributed by atoms with van der Waals surface area (Å²) in [5, 5.41) is 9.51. The molecule has 0 saturated carbocycles. The van der Waals surface area contributed by atoms with Crippen molar-refractivity contribution >= 4 is 22.5 Å². The Hall–Kier alpha value is -1.59. The molecule has 0 radical (unpaired) electrons. The summed E-state index contributed by atoms with van der Waals surface area (Å²) in [7, 11) is 0. The molecule has 1 aromatic heterocycles. The van der Waals surface area contributed by atoms with Gasteiger partial charge in [0.25, 0.3) is 5.56 Å². The van der Waals surface area contributed by atoms with Crippen LogP contribution in [-0.4, -0.2) is 21.3 Å². The summed E-state index contributed by atoms with van der Waals surface area (Å²) in [6.45, 7) is -0.300. The highest BCUT2D eigenvalue weighted by Gasteiger charge is 2.07. The van der Waals surface area contributed by atoms with Gasteiger partial charge in [0, 0.05) is 5.02 Å². The molecule has 1 aromatic carbocycles. The quantitative estimate of drug-likeness (QED) is 0.795. The number of hydrogen-bond donors (Lipinski definition) is 2. The van der Waals surface area contributed by atoms with E-state index in [-0.39, 0.29) is 13.2 Å². The summed E-state index contributed by atoms with van der Waals surface area (Å²) in [5.41, 5.74) is -0.544. The van der Waals surface area contributed by atoms with Crippen LogP contribution in [0.25, 0.3) is 10.9 Å². The summed E-state index contributed by atoms with van der Waals surface area (Å²) in [5.74, 6) is 0. The van der Waals surface area contributed by atoms with Crippen LogP contribution in [0, 0.1) is 0 Å². The fourth-order valence-corrected chi connectivity index (χ4v) is 1.70. The summed E-state index contributed by atoms with van der Waals surface area (Å²) >= 11 is 5.77. The lowest BCUT2D eigenvalue weighted by Gasteiger charge is -2.04. The van der Waals surface area contributed by atoms with Crippen LogP contribution < -0.4 is 11.2 Å². The lowest BCUT2D eigenvalue weighted by molar-refractivity contribution is 0.272. The summed E-state index contributed by atoms with van der Waals surface area (Å²) in [6.07, 6.45) is 0. The molecule has 0 aliphatic rings. The van der Waals surface area contributed by atoms with Crippen molar-refractivity contribution < 1.29 is 5.11 Å². The molecular weight excluding hydrogens is 232 g/mol. The maximum Gasteiger partial charge on any atom is 0.328 e. The number of halogens is 1. The van der Waals surface area contributed by atoms with Crippen LogP contribution in [0.5, 0.6) is 0 Å². The van der Waals surface area contributed by atoms with Crippen LogP contribution >= 0.6 is 11.6 Å². The highest BCUT2D eigenvalue weighted by molar-refractivity contribution is 6.31. The van der Waals surface area contributed by atoms with E-state index in [1.165, 1.54) is 6.07 Å². The maximum absolute atomic E-state index is 11.9. The minimum atomic E-state index is -0.533. The van der Waals surface area contributed by atoms with Crippen LogP contribution in [0.3, 0.4) is 0 Å². The Bertz CT molecular complexity index is 645. The molecule has 6 heteroatoms. The van der Waals surface area contributed by atoms with E-state index >= 15 is 0 Å². The van der Waals surface area contributed by atoms with Gasteiger partial charge in [0.1, 0.15) is 0 Å². The molecular formula is C10H9ClN2O3. The largest absolute Gasteiger partial charge is 0.395 e. The Morgan fingerprint density at radius 1 is 1.38 bits per heavy atom. The predicted octanol–water partition coefficient (Wildman–Crippen LogP) is 0.335. The van der Waals surface area contributed by atoms with E-state index < -0.39 is 11.2 Å². The van der Waals surface area contributed by atoms with E-state index in [0.717, 1.165) is 4.57 Å². The number of aromatic nitrogens is 2. The summed E-state index contributed by atoms with van der Waals surface area (Å²) in [6, 6.07) is 4.66. The van der Waals surface area contributed by atoms with Gasteiger partial charge in [-0.15, -0.1) is 0 Å². The monoisotopic (exact) mass is 240 g/mol. The van der Waals surface area contributed by atoms with Gasteiger partial charge in [-0.1, -0.05) is 11.6 Å². The van der Waals surface area contributed by atoms with Crippen molar-refractivity contribution in [3.8, 4) is 0 Å². The number of aliphatic hydroxyl groups is 1. The molecule has 0 atom stereocenters.